The monoisotopic (exact) mass is 230 g/mol. The van der Waals surface area contributed by atoms with Gasteiger partial charge in [-0.2, -0.15) is 5.10 Å². The summed E-state index contributed by atoms with van der Waals surface area (Å²) in [5.74, 6) is -0.286. The van der Waals surface area contributed by atoms with Gasteiger partial charge in [0.25, 0.3) is 0 Å². The quantitative estimate of drug-likeness (QED) is 0.756. The highest BCUT2D eigenvalue weighted by Crippen LogP contribution is 2.19. The van der Waals surface area contributed by atoms with Crippen LogP contribution in [0.3, 0.4) is 0 Å². The maximum absolute atomic E-state index is 11.1. The Kier molecular flexibility index (Phi) is 3.55. The number of esters is 1. The molecule has 0 aliphatic rings. The molecule has 0 radical (unpaired) electrons. The number of aromatic nitrogens is 2. The van der Waals surface area contributed by atoms with Gasteiger partial charge >= 0.3 is 5.97 Å². The molecule has 0 saturated carbocycles. The summed E-state index contributed by atoms with van der Waals surface area (Å²) in [6, 6.07) is 11.5. The van der Waals surface area contributed by atoms with Crippen molar-refractivity contribution in [1.29, 1.82) is 0 Å². The van der Waals surface area contributed by atoms with Crippen molar-refractivity contribution in [1.82, 2.24) is 9.78 Å². The standard InChI is InChI=1S/C13H14N2O2/c1-11(16)17-13(10-15-9-5-8-14-15)12-6-3-2-4-7-12/h2-9,13H,10H2,1H3. The Morgan fingerprint density at radius 3 is 2.71 bits per heavy atom. The first kappa shape index (κ1) is 11.4. The average Bonchev–Trinajstić information content (AvgIpc) is 2.82. The zero-order chi connectivity index (χ0) is 12.1. The summed E-state index contributed by atoms with van der Waals surface area (Å²) in [4.78, 5) is 11.1. The van der Waals surface area contributed by atoms with Gasteiger partial charge in [0.2, 0.25) is 0 Å². The molecule has 0 fully saturated rings. The summed E-state index contributed by atoms with van der Waals surface area (Å²) < 4.78 is 7.06. The third kappa shape index (κ3) is 3.17. The average molecular weight is 230 g/mol. The molecule has 1 aromatic heterocycles. The van der Waals surface area contributed by atoms with Crippen molar-refractivity contribution in [3.8, 4) is 0 Å². The summed E-state index contributed by atoms with van der Waals surface area (Å²) in [6.07, 6.45) is 3.25. The molecule has 88 valence electrons. The summed E-state index contributed by atoms with van der Waals surface area (Å²) in [6.45, 7) is 1.94. The van der Waals surface area contributed by atoms with E-state index in [0.717, 1.165) is 5.56 Å². The first-order valence-corrected chi connectivity index (χ1v) is 5.45. The van der Waals surface area contributed by atoms with Crippen LogP contribution in [0, 0.1) is 0 Å². The molecule has 0 bridgehead atoms. The highest BCUT2D eigenvalue weighted by molar-refractivity contribution is 5.66. The van der Waals surface area contributed by atoms with Crippen molar-refractivity contribution in [2.75, 3.05) is 0 Å². The van der Waals surface area contributed by atoms with Crippen LogP contribution in [-0.4, -0.2) is 15.7 Å². The molecule has 0 amide bonds. The van der Waals surface area contributed by atoms with Crippen LogP contribution in [-0.2, 0) is 16.1 Å². The van der Waals surface area contributed by atoms with E-state index in [0.29, 0.717) is 6.54 Å². The molecule has 1 atom stereocenters. The van der Waals surface area contributed by atoms with E-state index in [1.165, 1.54) is 6.92 Å². The van der Waals surface area contributed by atoms with E-state index in [1.54, 1.807) is 10.9 Å². The number of hydrogen-bond donors (Lipinski definition) is 0. The third-order valence-electron chi connectivity index (χ3n) is 2.39. The molecule has 0 saturated heterocycles. The third-order valence-corrected chi connectivity index (χ3v) is 2.39. The number of carbonyl (C=O) groups is 1. The molecule has 2 rings (SSSR count). The number of ether oxygens (including phenoxy) is 1. The second-order valence-corrected chi connectivity index (χ2v) is 3.74. The van der Waals surface area contributed by atoms with Crippen molar-refractivity contribution < 1.29 is 9.53 Å². The number of rotatable bonds is 4. The van der Waals surface area contributed by atoms with Crippen LogP contribution >= 0.6 is 0 Å². The minimum Gasteiger partial charge on any atom is -0.456 e. The van der Waals surface area contributed by atoms with Gasteiger partial charge < -0.3 is 4.74 Å². The van der Waals surface area contributed by atoms with E-state index in [1.807, 2.05) is 42.6 Å². The summed E-state index contributed by atoms with van der Waals surface area (Å²) >= 11 is 0. The van der Waals surface area contributed by atoms with Crippen molar-refractivity contribution in [3.05, 3.63) is 54.4 Å². The van der Waals surface area contributed by atoms with E-state index in [9.17, 15) is 4.79 Å². The predicted molar refractivity (Wildman–Crippen MR) is 63.2 cm³/mol. The van der Waals surface area contributed by atoms with Crippen LogP contribution in [0.15, 0.2) is 48.8 Å². The zero-order valence-electron chi connectivity index (χ0n) is 9.61. The molecule has 2 aromatic rings. The van der Waals surface area contributed by atoms with Crippen molar-refractivity contribution in [2.24, 2.45) is 0 Å². The van der Waals surface area contributed by atoms with E-state index >= 15 is 0 Å². The van der Waals surface area contributed by atoms with Gasteiger partial charge in [-0.25, -0.2) is 0 Å². The molecule has 1 aromatic carbocycles. The molecular weight excluding hydrogens is 216 g/mol. The van der Waals surface area contributed by atoms with Crippen LogP contribution in [0.2, 0.25) is 0 Å². The van der Waals surface area contributed by atoms with Crippen LogP contribution in [0.4, 0.5) is 0 Å². The highest BCUT2D eigenvalue weighted by atomic mass is 16.5. The molecule has 0 N–H and O–H groups in total. The Hall–Kier alpha value is -2.10. The Morgan fingerprint density at radius 1 is 1.35 bits per heavy atom. The lowest BCUT2D eigenvalue weighted by atomic mass is 10.1. The fourth-order valence-corrected chi connectivity index (χ4v) is 1.66. The van der Waals surface area contributed by atoms with E-state index < -0.39 is 0 Å². The molecule has 17 heavy (non-hydrogen) atoms. The number of carbonyl (C=O) groups excluding carboxylic acids is 1. The number of hydrogen-bond acceptors (Lipinski definition) is 3. The largest absolute Gasteiger partial charge is 0.456 e. The summed E-state index contributed by atoms with van der Waals surface area (Å²) in [7, 11) is 0. The normalized spacial score (nSPS) is 12.1. The second kappa shape index (κ2) is 5.30. The molecule has 1 heterocycles. The molecule has 0 spiro atoms. The van der Waals surface area contributed by atoms with E-state index in [4.69, 9.17) is 4.74 Å². The molecular formula is C13H14N2O2. The molecule has 0 aliphatic heterocycles. The fraction of sp³-hybridized carbons (Fsp3) is 0.231. The minimum atomic E-state index is -0.298. The predicted octanol–water partition coefficient (Wildman–Crippen LogP) is 2.19. The number of nitrogens with zero attached hydrogens (tertiary/aromatic N) is 2. The van der Waals surface area contributed by atoms with Gasteiger partial charge in [0.1, 0.15) is 6.10 Å². The Bertz CT molecular complexity index is 465. The van der Waals surface area contributed by atoms with Gasteiger partial charge in [-0.15, -0.1) is 0 Å². The van der Waals surface area contributed by atoms with E-state index in [2.05, 4.69) is 5.10 Å². The maximum atomic E-state index is 11.1. The molecule has 4 nitrogen and oxygen atoms in total. The Morgan fingerprint density at radius 2 is 2.12 bits per heavy atom. The van der Waals surface area contributed by atoms with Gasteiger partial charge in [-0.1, -0.05) is 30.3 Å². The summed E-state index contributed by atoms with van der Waals surface area (Å²) in [5, 5.41) is 4.11. The molecule has 0 aliphatic carbocycles. The van der Waals surface area contributed by atoms with Crippen LogP contribution in [0.25, 0.3) is 0 Å². The van der Waals surface area contributed by atoms with Gasteiger partial charge in [-0.3, -0.25) is 9.48 Å². The zero-order valence-corrected chi connectivity index (χ0v) is 9.61. The Labute approximate surface area is 99.8 Å². The lowest BCUT2D eigenvalue weighted by Gasteiger charge is -2.17. The minimum absolute atomic E-state index is 0.286. The number of benzene rings is 1. The first-order chi connectivity index (χ1) is 8.25. The van der Waals surface area contributed by atoms with Gasteiger partial charge in [0, 0.05) is 19.3 Å². The second-order valence-electron chi connectivity index (χ2n) is 3.74. The van der Waals surface area contributed by atoms with Crippen LogP contribution in [0.1, 0.15) is 18.6 Å². The first-order valence-electron chi connectivity index (χ1n) is 5.45. The maximum Gasteiger partial charge on any atom is 0.303 e. The van der Waals surface area contributed by atoms with Crippen molar-refractivity contribution >= 4 is 5.97 Å². The SMILES string of the molecule is CC(=O)OC(Cn1cccn1)c1ccccc1. The lowest BCUT2D eigenvalue weighted by molar-refractivity contribution is -0.147. The van der Waals surface area contributed by atoms with Crippen molar-refractivity contribution in [2.45, 2.75) is 19.6 Å². The Balaban J connectivity index is 2.16. The van der Waals surface area contributed by atoms with Gasteiger partial charge in [0.15, 0.2) is 0 Å². The van der Waals surface area contributed by atoms with Crippen LogP contribution in [0.5, 0.6) is 0 Å². The summed E-state index contributed by atoms with van der Waals surface area (Å²) in [5.41, 5.74) is 0.971. The fourth-order valence-electron chi connectivity index (χ4n) is 1.66. The van der Waals surface area contributed by atoms with E-state index in [-0.39, 0.29) is 12.1 Å². The van der Waals surface area contributed by atoms with Crippen molar-refractivity contribution in [3.63, 3.8) is 0 Å². The van der Waals surface area contributed by atoms with Gasteiger partial charge in [-0.05, 0) is 11.6 Å². The smallest absolute Gasteiger partial charge is 0.303 e. The van der Waals surface area contributed by atoms with Crippen LogP contribution < -0.4 is 0 Å². The molecule has 1 unspecified atom stereocenters. The highest BCUT2D eigenvalue weighted by Gasteiger charge is 2.15. The topological polar surface area (TPSA) is 44.1 Å². The van der Waals surface area contributed by atoms with Gasteiger partial charge in [0.05, 0.1) is 6.54 Å². The molecule has 4 heteroatoms. The lowest BCUT2D eigenvalue weighted by Crippen LogP contribution is -2.15.